The summed E-state index contributed by atoms with van der Waals surface area (Å²) in [4.78, 5) is 34.4. The van der Waals surface area contributed by atoms with Gasteiger partial charge in [0.15, 0.2) is 0 Å². The Morgan fingerprint density at radius 2 is 2.13 bits per heavy atom. The van der Waals surface area contributed by atoms with E-state index in [0.29, 0.717) is 17.6 Å². The molecular formula is C16H17N3O2S2. The van der Waals surface area contributed by atoms with Crippen LogP contribution in [-0.2, 0) is 11.2 Å². The summed E-state index contributed by atoms with van der Waals surface area (Å²) < 4.78 is 0. The minimum atomic E-state index is -0.124. The largest absolute Gasteiger partial charge is 0.325 e. The first kappa shape index (κ1) is 15.9. The zero-order chi connectivity index (χ0) is 16.6. The van der Waals surface area contributed by atoms with E-state index in [-0.39, 0.29) is 17.9 Å². The fourth-order valence-electron chi connectivity index (χ4n) is 2.38. The molecule has 23 heavy (non-hydrogen) atoms. The topological polar surface area (TPSA) is 74.8 Å². The molecule has 3 aromatic rings. The van der Waals surface area contributed by atoms with Crippen molar-refractivity contribution in [2.24, 2.45) is 0 Å². The minimum absolute atomic E-state index is 0.0795. The van der Waals surface area contributed by atoms with Gasteiger partial charge in [-0.15, -0.1) is 22.7 Å². The molecule has 0 fully saturated rings. The molecule has 0 aliphatic rings. The molecule has 0 aliphatic heterocycles. The van der Waals surface area contributed by atoms with Gasteiger partial charge in [0.1, 0.15) is 10.7 Å². The van der Waals surface area contributed by atoms with E-state index in [1.54, 1.807) is 11.3 Å². The van der Waals surface area contributed by atoms with Crippen molar-refractivity contribution in [2.45, 2.75) is 33.6 Å². The lowest BCUT2D eigenvalue weighted by atomic mass is 10.2. The Morgan fingerprint density at radius 1 is 1.35 bits per heavy atom. The smallest absolute Gasteiger partial charge is 0.259 e. The zero-order valence-corrected chi connectivity index (χ0v) is 14.8. The van der Waals surface area contributed by atoms with E-state index in [4.69, 9.17) is 0 Å². The van der Waals surface area contributed by atoms with Crippen LogP contribution < -0.4 is 10.9 Å². The fraction of sp³-hybridized carbons (Fsp3) is 0.312. The average molecular weight is 347 g/mol. The van der Waals surface area contributed by atoms with E-state index < -0.39 is 0 Å². The summed E-state index contributed by atoms with van der Waals surface area (Å²) in [6.07, 6.45) is 0.697. The van der Waals surface area contributed by atoms with E-state index in [9.17, 15) is 9.59 Å². The Balaban J connectivity index is 1.72. The fourth-order valence-corrected chi connectivity index (χ4v) is 4.07. The molecule has 1 amide bonds. The lowest BCUT2D eigenvalue weighted by molar-refractivity contribution is -0.116. The Kier molecular flexibility index (Phi) is 4.32. The first-order valence-electron chi connectivity index (χ1n) is 7.28. The van der Waals surface area contributed by atoms with Gasteiger partial charge in [0, 0.05) is 28.0 Å². The number of carbonyl (C=O) groups excluding carboxylic acids is 1. The van der Waals surface area contributed by atoms with Crippen molar-refractivity contribution >= 4 is 44.5 Å². The molecule has 7 heteroatoms. The molecule has 0 saturated carbocycles. The van der Waals surface area contributed by atoms with Crippen LogP contribution >= 0.6 is 22.7 Å². The number of nitrogens with one attached hydrogen (secondary N) is 2. The number of amides is 1. The normalized spacial score (nSPS) is 11.1. The van der Waals surface area contributed by atoms with Crippen molar-refractivity contribution in [1.29, 1.82) is 0 Å². The van der Waals surface area contributed by atoms with Gasteiger partial charge >= 0.3 is 0 Å². The third-order valence-electron chi connectivity index (χ3n) is 3.69. The van der Waals surface area contributed by atoms with Crippen LogP contribution in [0, 0.1) is 20.8 Å². The summed E-state index contributed by atoms with van der Waals surface area (Å²) in [6.45, 7) is 5.91. The number of aromatic amines is 1. The van der Waals surface area contributed by atoms with E-state index in [0.717, 1.165) is 25.8 Å². The van der Waals surface area contributed by atoms with Crippen molar-refractivity contribution in [3.8, 4) is 0 Å². The van der Waals surface area contributed by atoms with Gasteiger partial charge in [-0.25, -0.2) is 4.98 Å². The van der Waals surface area contributed by atoms with Gasteiger partial charge in [0.25, 0.3) is 5.56 Å². The van der Waals surface area contributed by atoms with E-state index in [2.05, 4.69) is 15.3 Å². The van der Waals surface area contributed by atoms with Crippen LogP contribution in [-0.4, -0.2) is 15.9 Å². The lowest BCUT2D eigenvalue weighted by Crippen LogP contribution is -2.15. The van der Waals surface area contributed by atoms with Crippen LogP contribution in [0.1, 0.15) is 27.6 Å². The van der Waals surface area contributed by atoms with Crippen molar-refractivity contribution in [1.82, 2.24) is 9.97 Å². The lowest BCUT2D eigenvalue weighted by Gasteiger charge is -2.03. The second-order valence-corrected chi connectivity index (χ2v) is 7.79. The highest BCUT2D eigenvalue weighted by molar-refractivity contribution is 7.18. The van der Waals surface area contributed by atoms with Crippen molar-refractivity contribution < 1.29 is 4.79 Å². The van der Waals surface area contributed by atoms with Crippen LogP contribution in [0.5, 0.6) is 0 Å². The van der Waals surface area contributed by atoms with Crippen molar-refractivity contribution in [3.05, 3.63) is 42.9 Å². The quantitative estimate of drug-likeness (QED) is 0.758. The molecule has 0 aromatic carbocycles. The number of hydrogen-bond donors (Lipinski definition) is 2. The second kappa shape index (κ2) is 6.25. The number of aromatic nitrogens is 2. The Labute approximate surface area is 141 Å². The number of carbonyl (C=O) groups is 1. The van der Waals surface area contributed by atoms with Gasteiger partial charge in [-0.1, -0.05) is 0 Å². The number of fused-ring (bicyclic) bond motifs is 1. The molecular weight excluding hydrogens is 330 g/mol. The first-order chi connectivity index (χ1) is 10.9. The number of hydrogen-bond acceptors (Lipinski definition) is 5. The monoisotopic (exact) mass is 347 g/mol. The highest BCUT2D eigenvalue weighted by Gasteiger charge is 2.12. The second-order valence-electron chi connectivity index (χ2n) is 5.47. The van der Waals surface area contributed by atoms with Crippen LogP contribution in [0.15, 0.2) is 16.2 Å². The van der Waals surface area contributed by atoms with Gasteiger partial charge in [0.2, 0.25) is 5.91 Å². The molecule has 3 heterocycles. The molecule has 3 aromatic heterocycles. The third kappa shape index (κ3) is 3.35. The SMILES string of the molecule is Cc1cc(NC(=O)CCc2nc3sc(C)c(C)c3c(=O)[nH]2)cs1. The van der Waals surface area contributed by atoms with Gasteiger partial charge in [-0.05, 0) is 32.4 Å². The molecule has 2 N–H and O–H groups in total. The number of H-pyrrole nitrogens is 1. The average Bonchev–Trinajstić information content (AvgIpc) is 3.01. The summed E-state index contributed by atoms with van der Waals surface area (Å²) in [5.41, 5.74) is 1.68. The first-order valence-corrected chi connectivity index (χ1v) is 8.97. The van der Waals surface area contributed by atoms with E-state index in [1.165, 1.54) is 11.3 Å². The molecule has 5 nitrogen and oxygen atoms in total. The van der Waals surface area contributed by atoms with Gasteiger partial charge < -0.3 is 10.3 Å². The molecule has 0 atom stereocenters. The van der Waals surface area contributed by atoms with Gasteiger partial charge in [0.05, 0.1) is 11.1 Å². The molecule has 120 valence electrons. The molecule has 0 radical (unpaired) electrons. The summed E-state index contributed by atoms with van der Waals surface area (Å²) >= 11 is 3.11. The van der Waals surface area contributed by atoms with Crippen LogP contribution in [0.25, 0.3) is 10.2 Å². The highest BCUT2D eigenvalue weighted by atomic mass is 32.1. The Bertz CT molecular complexity index is 937. The van der Waals surface area contributed by atoms with E-state index >= 15 is 0 Å². The van der Waals surface area contributed by atoms with Gasteiger partial charge in [-0.3, -0.25) is 9.59 Å². The summed E-state index contributed by atoms with van der Waals surface area (Å²) in [6, 6.07) is 1.94. The molecule has 0 bridgehead atoms. The van der Waals surface area contributed by atoms with Crippen LogP contribution in [0.3, 0.4) is 0 Å². The molecule has 0 aliphatic carbocycles. The molecule has 0 spiro atoms. The Hall–Kier alpha value is -1.99. The molecule has 0 unspecified atom stereocenters. The van der Waals surface area contributed by atoms with Gasteiger partial charge in [-0.2, -0.15) is 0 Å². The molecule has 0 saturated heterocycles. The standard InChI is InChI=1S/C16H17N3O2S2/c1-8-6-11(7-22-8)17-13(20)5-4-12-18-15(21)14-9(2)10(3)23-16(14)19-12/h6-7H,4-5H2,1-3H3,(H,17,20)(H,18,19,21). The highest BCUT2D eigenvalue weighted by Crippen LogP contribution is 2.25. The number of aryl methyl sites for hydroxylation is 4. The number of rotatable bonds is 4. The predicted octanol–water partition coefficient (Wildman–Crippen LogP) is 3.54. The molecule has 3 rings (SSSR count). The zero-order valence-electron chi connectivity index (χ0n) is 13.1. The van der Waals surface area contributed by atoms with Crippen molar-refractivity contribution in [2.75, 3.05) is 5.32 Å². The summed E-state index contributed by atoms with van der Waals surface area (Å²) in [5, 5.41) is 5.43. The van der Waals surface area contributed by atoms with Crippen LogP contribution in [0.4, 0.5) is 5.69 Å². The maximum absolute atomic E-state index is 12.2. The summed E-state index contributed by atoms with van der Waals surface area (Å²) in [5.74, 6) is 0.476. The van der Waals surface area contributed by atoms with E-state index in [1.807, 2.05) is 32.2 Å². The number of nitrogens with zero attached hydrogens (tertiary/aromatic N) is 1. The number of thiophene rings is 2. The maximum atomic E-state index is 12.2. The van der Waals surface area contributed by atoms with Crippen LogP contribution in [0.2, 0.25) is 0 Å². The minimum Gasteiger partial charge on any atom is -0.325 e. The summed E-state index contributed by atoms with van der Waals surface area (Å²) in [7, 11) is 0. The van der Waals surface area contributed by atoms with Crippen molar-refractivity contribution in [3.63, 3.8) is 0 Å². The third-order valence-corrected chi connectivity index (χ3v) is 5.65. The Morgan fingerprint density at radius 3 is 2.83 bits per heavy atom. The predicted molar refractivity (Wildman–Crippen MR) is 95.7 cm³/mol. The number of anilines is 1. The maximum Gasteiger partial charge on any atom is 0.259 e.